The molecule has 0 fully saturated rings. The summed E-state index contributed by atoms with van der Waals surface area (Å²) in [6.07, 6.45) is 4.85. The minimum Gasteiger partial charge on any atom is -0.486 e. The highest BCUT2D eigenvalue weighted by Gasteiger charge is 2.16. The van der Waals surface area contributed by atoms with Crippen LogP contribution in [0, 0.1) is 5.92 Å². The molecule has 9 heteroatoms. The third-order valence-electron chi connectivity index (χ3n) is 4.89. The van der Waals surface area contributed by atoms with Gasteiger partial charge in [0, 0.05) is 36.5 Å². The van der Waals surface area contributed by atoms with Gasteiger partial charge >= 0.3 is 0 Å². The number of nitrogens with zero attached hydrogens (tertiary/aromatic N) is 6. The molecule has 7 nitrogen and oxygen atoms in total. The number of rotatable bonds is 10. The molecule has 3 heterocycles. The van der Waals surface area contributed by atoms with E-state index in [0.29, 0.717) is 12.5 Å². The lowest BCUT2D eigenvalue weighted by atomic mass is 10.2. The van der Waals surface area contributed by atoms with Gasteiger partial charge in [0.15, 0.2) is 11.0 Å². The van der Waals surface area contributed by atoms with Crippen molar-refractivity contribution < 1.29 is 4.74 Å². The van der Waals surface area contributed by atoms with Crippen molar-refractivity contribution in [2.75, 3.05) is 0 Å². The van der Waals surface area contributed by atoms with Gasteiger partial charge in [-0.3, -0.25) is 4.68 Å². The Bertz CT molecular complexity index is 1150. The van der Waals surface area contributed by atoms with Crippen molar-refractivity contribution in [3.05, 3.63) is 59.1 Å². The molecule has 0 aliphatic rings. The third kappa shape index (κ3) is 5.58. The van der Waals surface area contributed by atoms with Crippen LogP contribution in [0.25, 0.3) is 10.6 Å². The monoisotopic (exact) mass is 468 g/mol. The molecule has 0 aliphatic carbocycles. The molecule has 0 saturated carbocycles. The van der Waals surface area contributed by atoms with Gasteiger partial charge in [-0.05, 0) is 30.0 Å². The van der Waals surface area contributed by atoms with Gasteiger partial charge in [0.25, 0.3) is 0 Å². The van der Waals surface area contributed by atoms with Gasteiger partial charge in [-0.2, -0.15) is 5.10 Å². The zero-order valence-corrected chi connectivity index (χ0v) is 20.5. The fourth-order valence-corrected chi connectivity index (χ4v) is 4.99. The third-order valence-corrected chi connectivity index (χ3v) is 6.83. The van der Waals surface area contributed by atoms with Crippen LogP contribution in [0.1, 0.15) is 37.9 Å². The Hall–Kier alpha value is -2.65. The first kappa shape index (κ1) is 22.5. The van der Waals surface area contributed by atoms with Crippen LogP contribution in [0.5, 0.6) is 5.75 Å². The van der Waals surface area contributed by atoms with E-state index in [4.69, 9.17) is 9.72 Å². The molecule has 0 atom stereocenters. The van der Waals surface area contributed by atoms with Crippen molar-refractivity contribution >= 4 is 23.1 Å². The van der Waals surface area contributed by atoms with Crippen LogP contribution in [0.3, 0.4) is 0 Å². The van der Waals surface area contributed by atoms with Gasteiger partial charge in [0.05, 0.1) is 11.9 Å². The van der Waals surface area contributed by atoms with Crippen molar-refractivity contribution in [3.63, 3.8) is 0 Å². The fourth-order valence-electron chi connectivity index (χ4n) is 3.23. The maximum Gasteiger partial charge on any atom is 0.191 e. The minimum absolute atomic E-state index is 0.396. The van der Waals surface area contributed by atoms with Gasteiger partial charge < -0.3 is 9.30 Å². The predicted molar refractivity (Wildman–Crippen MR) is 129 cm³/mol. The number of aromatic nitrogens is 6. The summed E-state index contributed by atoms with van der Waals surface area (Å²) in [5.74, 6) is 2.91. The van der Waals surface area contributed by atoms with E-state index in [-0.39, 0.29) is 0 Å². The zero-order chi connectivity index (χ0) is 22.5. The van der Waals surface area contributed by atoms with E-state index in [9.17, 15) is 0 Å². The Morgan fingerprint density at radius 3 is 2.66 bits per heavy atom. The minimum atomic E-state index is 0.396. The standard InChI is InChI=1S/C23H28N6OS2/c1-5-17-6-8-20(9-7-17)30-13-21-26-27-23(29(21)11-16(2)3)32-15-19-14-31-22(25-19)18-10-24-28(4)12-18/h6-10,12,14,16H,5,11,13,15H2,1-4H3. The van der Waals surface area contributed by atoms with E-state index >= 15 is 0 Å². The highest BCUT2D eigenvalue weighted by atomic mass is 32.2. The summed E-state index contributed by atoms with van der Waals surface area (Å²) in [6, 6.07) is 8.23. The van der Waals surface area contributed by atoms with Crippen LogP contribution in [0.15, 0.2) is 47.2 Å². The van der Waals surface area contributed by atoms with E-state index in [1.54, 1.807) is 27.8 Å². The Morgan fingerprint density at radius 1 is 1.16 bits per heavy atom. The van der Waals surface area contributed by atoms with E-state index in [1.807, 2.05) is 31.6 Å². The molecule has 0 N–H and O–H groups in total. The summed E-state index contributed by atoms with van der Waals surface area (Å²) in [5.41, 5.74) is 3.38. The summed E-state index contributed by atoms with van der Waals surface area (Å²) in [5, 5.41) is 17.1. The van der Waals surface area contributed by atoms with Crippen LogP contribution in [0.2, 0.25) is 0 Å². The maximum absolute atomic E-state index is 5.99. The maximum atomic E-state index is 5.99. The highest BCUT2D eigenvalue weighted by molar-refractivity contribution is 7.98. The first-order valence-electron chi connectivity index (χ1n) is 10.7. The van der Waals surface area contributed by atoms with E-state index in [1.165, 1.54) is 5.56 Å². The molecular formula is C23H28N6OS2. The number of aryl methyl sites for hydroxylation is 2. The molecular weight excluding hydrogens is 440 g/mol. The molecule has 0 radical (unpaired) electrons. The van der Waals surface area contributed by atoms with Crippen molar-refractivity contribution in [1.29, 1.82) is 0 Å². The van der Waals surface area contributed by atoms with Crippen LogP contribution in [0.4, 0.5) is 0 Å². The average Bonchev–Trinajstić information content (AvgIpc) is 3.51. The molecule has 4 rings (SSSR count). The normalized spacial score (nSPS) is 11.4. The lowest BCUT2D eigenvalue weighted by Crippen LogP contribution is -2.12. The summed E-state index contributed by atoms with van der Waals surface area (Å²) in [6.45, 7) is 7.79. The molecule has 0 saturated heterocycles. The molecule has 4 aromatic rings. The second-order valence-electron chi connectivity index (χ2n) is 8.02. The van der Waals surface area contributed by atoms with E-state index in [0.717, 1.165) is 51.7 Å². The Labute approximate surface area is 196 Å². The lowest BCUT2D eigenvalue weighted by molar-refractivity contribution is 0.284. The largest absolute Gasteiger partial charge is 0.486 e. The van der Waals surface area contributed by atoms with Crippen LogP contribution in [-0.2, 0) is 32.4 Å². The molecule has 0 spiro atoms. The van der Waals surface area contributed by atoms with Gasteiger partial charge in [-0.1, -0.05) is 44.7 Å². The molecule has 1 aromatic carbocycles. The van der Waals surface area contributed by atoms with E-state index < -0.39 is 0 Å². The van der Waals surface area contributed by atoms with Crippen molar-refractivity contribution in [3.8, 4) is 16.3 Å². The van der Waals surface area contributed by atoms with Crippen LogP contribution >= 0.6 is 23.1 Å². The number of thiazole rings is 1. The molecule has 3 aromatic heterocycles. The molecule has 0 unspecified atom stereocenters. The van der Waals surface area contributed by atoms with Crippen molar-refractivity contribution in [2.24, 2.45) is 13.0 Å². The summed E-state index contributed by atoms with van der Waals surface area (Å²) in [7, 11) is 1.91. The fraction of sp³-hybridized carbons (Fsp3) is 0.391. The Morgan fingerprint density at radius 2 is 1.97 bits per heavy atom. The smallest absolute Gasteiger partial charge is 0.191 e. The molecule has 0 amide bonds. The molecule has 32 heavy (non-hydrogen) atoms. The van der Waals surface area contributed by atoms with Crippen molar-refractivity contribution in [2.45, 2.75) is 51.3 Å². The van der Waals surface area contributed by atoms with E-state index in [2.05, 4.69) is 58.1 Å². The number of thioether (sulfide) groups is 1. The summed E-state index contributed by atoms with van der Waals surface area (Å²) in [4.78, 5) is 4.76. The number of hydrogen-bond acceptors (Lipinski definition) is 7. The second kappa shape index (κ2) is 10.3. The Balaban J connectivity index is 1.43. The van der Waals surface area contributed by atoms with Crippen molar-refractivity contribution in [1.82, 2.24) is 29.5 Å². The molecule has 168 valence electrons. The Kier molecular flexibility index (Phi) is 7.26. The lowest BCUT2D eigenvalue weighted by Gasteiger charge is -2.13. The average molecular weight is 469 g/mol. The number of benzene rings is 1. The topological polar surface area (TPSA) is 70.7 Å². The van der Waals surface area contributed by atoms with Gasteiger partial charge in [-0.25, -0.2) is 4.98 Å². The first-order chi connectivity index (χ1) is 15.5. The van der Waals surface area contributed by atoms with Gasteiger partial charge in [-0.15, -0.1) is 21.5 Å². The second-order valence-corrected chi connectivity index (χ2v) is 9.83. The zero-order valence-electron chi connectivity index (χ0n) is 18.9. The quantitative estimate of drug-likeness (QED) is 0.297. The first-order valence-corrected chi connectivity index (χ1v) is 12.6. The summed E-state index contributed by atoms with van der Waals surface area (Å²) >= 11 is 3.30. The van der Waals surface area contributed by atoms with Gasteiger partial charge in [0.2, 0.25) is 0 Å². The van der Waals surface area contributed by atoms with Crippen LogP contribution < -0.4 is 4.74 Å². The molecule has 0 bridgehead atoms. The highest BCUT2D eigenvalue weighted by Crippen LogP contribution is 2.28. The number of hydrogen-bond donors (Lipinski definition) is 0. The summed E-state index contributed by atoms with van der Waals surface area (Å²) < 4.78 is 9.96. The number of ether oxygens (including phenoxy) is 1. The van der Waals surface area contributed by atoms with Gasteiger partial charge in [0.1, 0.15) is 17.4 Å². The van der Waals surface area contributed by atoms with Crippen LogP contribution in [-0.4, -0.2) is 29.5 Å². The predicted octanol–water partition coefficient (Wildman–Crippen LogP) is 5.22. The SMILES string of the molecule is CCc1ccc(OCc2nnc(SCc3csc(-c4cnn(C)c4)n3)n2CC(C)C)cc1. The molecule has 0 aliphatic heterocycles.